The lowest BCUT2D eigenvalue weighted by Crippen LogP contribution is -2.45. The number of anilines is 1. The molecule has 228 valence electrons. The van der Waals surface area contributed by atoms with Crippen LogP contribution in [-0.4, -0.2) is 59.2 Å². The normalized spacial score (nSPS) is 19.1. The number of aromatic nitrogens is 6. The molecule has 45 heavy (non-hydrogen) atoms. The lowest BCUT2D eigenvalue weighted by Gasteiger charge is -2.33. The topological polar surface area (TPSA) is 120 Å². The number of hydrogen-bond donors (Lipinski definition) is 2. The van der Waals surface area contributed by atoms with Gasteiger partial charge in [-0.1, -0.05) is 12.6 Å². The number of nitrogens with zero attached hydrogens (tertiary/aromatic N) is 7. The largest absolute Gasteiger partial charge is 0.383 e. The highest BCUT2D eigenvalue weighted by Crippen LogP contribution is 2.48. The van der Waals surface area contributed by atoms with Crippen LogP contribution in [0.25, 0.3) is 34.1 Å². The van der Waals surface area contributed by atoms with Gasteiger partial charge in [0.15, 0.2) is 23.0 Å². The summed E-state index contributed by atoms with van der Waals surface area (Å²) in [5.74, 6) is 1.62. The van der Waals surface area contributed by atoms with Gasteiger partial charge in [-0.05, 0) is 98.2 Å². The molecule has 5 heterocycles. The molecule has 5 aromatic rings. The van der Waals surface area contributed by atoms with Gasteiger partial charge in [0.1, 0.15) is 17.0 Å². The third-order valence-electron chi connectivity index (χ3n) is 9.42. The molecule has 4 aromatic heterocycles. The second-order valence-corrected chi connectivity index (χ2v) is 12.3. The number of hydrogen-bond acceptors (Lipinski definition) is 7. The number of amides is 1. The van der Waals surface area contributed by atoms with Gasteiger partial charge in [0.05, 0.1) is 5.56 Å². The molecule has 3 aliphatic rings. The number of imidazole rings is 1. The first-order chi connectivity index (χ1) is 21.9. The first-order valence-corrected chi connectivity index (χ1v) is 15.6. The summed E-state index contributed by atoms with van der Waals surface area (Å²) in [5, 5.41) is 8.38. The Morgan fingerprint density at radius 1 is 1.09 bits per heavy atom. The molecular formula is C34H34FN9O. The first kappa shape index (κ1) is 27.6. The number of rotatable bonds is 7. The van der Waals surface area contributed by atoms with E-state index < -0.39 is 5.67 Å². The van der Waals surface area contributed by atoms with Crippen LogP contribution in [0.1, 0.15) is 55.0 Å². The number of fused-ring (bicyclic) bond motifs is 2. The Morgan fingerprint density at radius 3 is 2.71 bits per heavy atom. The van der Waals surface area contributed by atoms with Crippen molar-refractivity contribution in [1.29, 1.82) is 0 Å². The molecule has 1 amide bonds. The summed E-state index contributed by atoms with van der Waals surface area (Å²) in [5.41, 5.74) is 11.1. The standard InChI is InChI=1S/C34H34FN9O/c1-2-30(45)42-17-11-22(12-18-42)38-26-8-5-21-20-23(6-7-24(21)26)44-32(25-4-3-16-37-31(25)36)39-27-9-10-29(40-33(27)44)43-19-13-28(41-43)34(35)14-15-34/h2-4,6-7,9-10,13,16,19-20,22,26,38H,1,5,8,11-12,14-15,17-18H2,(H2,36,37)/t26-/m0/s1. The van der Waals surface area contributed by atoms with Crippen LogP contribution in [0.15, 0.2) is 73.6 Å². The van der Waals surface area contributed by atoms with E-state index in [-0.39, 0.29) is 11.9 Å². The van der Waals surface area contributed by atoms with E-state index >= 15 is 0 Å². The number of halogens is 1. The molecule has 3 N–H and O–H groups in total. The summed E-state index contributed by atoms with van der Waals surface area (Å²) in [6, 6.07) is 16.4. The fourth-order valence-corrected chi connectivity index (χ4v) is 6.76. The first-order valence-electron chi connectivity index (χ1n) is 15.6. The van der Waals surface area contributed by atoms with Gasteiger partial charge in [0.25, 0.3) is 0 Å². The summed E-state index contributed by atoms with van der Waals surface area (Å²) < 4.78 is 18.4. The Morgan fingerprint density at radius 2 is 1.93 bits per heavy atom. The molecule has 0 unspecified atom stereocenters. The van der Waals surface area contributed by atoms with E-state index in [4.69, 9.17) is 15.7 Å². The predicted octanol–water partition coefficient (Wildman–Crippen LogP) is 4.96. The Kier molecular flexibility index (Phi) is 6.52. The van der Waals surface area contributed by atoms with Crippen LogP contribution in [0.4, 0.5) is 10.2 Å². The molecule has 0 spiro atoms. The summed E-state index contributed by atoms with van der Waals surface area (Å²) in [6.07, 6.45) is 9.65. The molecule has 0 radical (unpaired) electrons. The zero-order valence-electron chi connectivity index (χ0n) is 24.9. The van der Waals surface area contributed by atoms with Crippen LogP contribution < -0.4 is 11.1 Å². The average molecular weight is 604 g/mol. The fraction of sp³-hybridized carbons (Fsp3) is 0.324. The van der Waals surface area contributed by atoms with Gasteiger partial charge in [0, 0.05) is 43.3 Å². The molecule has 1 saturated heterocycles. The lowest BCUT2D eigenvalue weighted by atomic mass is 10.0. The second-order valence-electron chi connectivity index (χ2n) is 12.3. The summed E-state index contributed by atoms with van der Waals surface area (Å²) in [4.78, 5) is 28.2. The lowest BCUT2D eigenvalue weighted by molar-refractivity contribution is -0.127. The minimum absolute atomic E-state index is 0.00835. The summed E-state index contributed by atoms with van der Waals surface area (Å²) in [6.45, 7) is 5.12. The highest BCUT2D eigenvalue weighted by Gasteiger charge is 2.47. The van der Waals surface area contributed by atoms with Crippen LogP contribution >= 0.6 is 0 Å². The molecule has 10 nitrogen and oxygen atoms in total. The van der Waals surface area contributed by atoms with Crippen molar-refractivity contribution < 1.29 is 9.18 Å². The minimum Gasteiger partial charge on any atom is -0.383 e. The number of benzene rings is 1. The maximum Gasteiger partial charge on any atom is 0.245 e. The smallest absolute Gasteiger partial charge is 0.245 e. The number of piperidine rings is 1. The highest BCUT2D eigenvalue weighted by atomic mass is 19.1. The van der Waals surface area contributed by atoms with Crippen molar-refractivity contribution in [2.45, 2.75) is 56.3 Å². The Balaban J connectivity index is 1.14. The number of likely N-dealkylation sites (tertiary alicyclic amines) is 1. The number of alkyl halides is 1. The van der Waals surface area contributed by atoms with E-state index in [2.05, 4.69) is 40.2 Å². The van der Waals surface area contributed by atoms with Gasteiger partial charge < -0.3 is 16.0 Å². The minimum atomic E-state index is -1.32. The van der Waals surface area contributed by atoms with E-state index in [0.29, 0.717) is 58.8 Å². The number of carbonyl (C=O) groups excluding carboxylic acids is 1. The number of nitrogen functional groups attached to an aromatic ring is 1. The van der Waals surface area contributed by atoms with E-state index in [9.17, 15) is 9.18 Å². The van der Waals surface area contributed by atoms with Crippen molar-refractivity contribution in [3.63, 3.8) is 0 Å². The second kappa shape index (κ2) is 10.6. The SMILES string of the molecule is C=CC(=O)N1CCC(N[C@H]2CCc3cc(-n4c(-c5cccnc5N)nc5ccc(-n6ccc(C7(F)CC7)n6)nc54)ccc32)CC1. The summed E-state index contributed by atoms with van der Waals surface area (Å²) >= 11 is 0. The van der Waals surface area contributed by atoms with Gasteiger partial charge in [-0.15, -0.1) is 0 Å². The highest BCUT2D eigenvalue weighted by molar-refractivity contribution is 5.87. The van der Waals surface area contributed by atoms with E-state index in [1.807, 2.05) is 33.7 Å². The van der Waals surface area contributed by atoms with E-state index in [0.717, 1.165) is 44.5 Å². The van der Waals surface area contributed by atoms with Crippen molar-refractivity contribution in [1.82, 2.24) is 39.5 Å². The van der Waals surface area contributed by atoms with Gasteiger partial charge in [-0.2, -0.15) is 5.10 Å². The van der Waals surface area contributed by atoms with E-state index in [1.54, 1.807) is 23.1 Å². The van der Waals surface area contributed by atoms with Crippen molar-refractivity contribution in [2.24, 2.45) is 0 Å². The monoisotopic (exact) mass is 603 g/mol. The summed E-state index contributed by atoms with van der Waals surface area (Å²) in [7, 11) is 0. The zero-order valence-corrected chi connectivity index (χ0v) is 24.9. The van der Waals surface area contributed by atoms with Gasteiger partial charge in [-0.25, -0.2) is 24.0 Å². The number of nitrogens with two attached hydrogens (primary N) is 1. The van der Waals surface area contributed by atoms with Crippen LogP contribution in [-0.2, 0) is 16.9 Å². The van der Waals surface area contributed by atoms with Crippen LogP contribution in [0.5, 0.6) is 0 Å². The third-order valence-corrected chi connectivity index (χ3v) is 9.42. The van der Waals surface area contributed by atoms with Crippen LogP contribution in [0, 0.1) is 0 Å². The third kappa shape index (κ3) is 4.87. The number of carbonyl (C=O) groups is 1. The number of pyridine rings is 2. The van der Waals surface area contributed by atoms with Crippen molar-refractivity contribution in [2.75, 3.05) is 18.8 Å². The molecule has 1 saturated carbocycles. The van der Waals surface area contributed by atoms with E-state index in [1.165, 1.54) is 17.2 Å². The molecule has 2 aliphatic carbocycles. The Hall–Kier alpha value is -4.90. The Bertz CT molecular complexity index is 1950. The number of aryl methyl sites for hydroxylation is 1. The maximum absolute atomic E-state index is 14.7. The van der Waals surface area contributed by atoms with Gasteiger partial charge in [-0.3, -0.25) is 9.36 Å². The molecule has 1 aromatic carbocycles. The van der Waals surface area contributed by atoms with Crippen molar-refractivity contribution in [3.8, 4) is 22.9 Å². The maximum atomic E-state index is 14.7. The molecule has 1 aliphatic heterocycles. The van der Waals surface area contributed by atoms with Gasteiger partial charge in [0.2, 0.25) is 5.91 Å². The van der Waals surface area contributed by atoms with Gasteiger partial charge >= 0.3 is 0 Å². The van der Waals surface area contributed by atoms with Crippen LogP contribution in [0.3, 0.4) is 0 Å². The molecular weight excluding hydrogens is 569 g/mol. The molecule has 1 atom stereocenters. The van der Waals surface area contributed by atoms with Crippen molar-refractivity contribution in [3.05, 3.63) is 90.4 Å². The number of nitrogens with one attached hydrogen (secondary N) is 1. The predicted molar refractivity (Wildman–Crippen MR) is 170 cm³/mol. The molecule has 8 rings (SSSR count). The molecule has 2 fully saturated rings. The quantitative estimate of drug-likeness (QED) is 0.252. The Labute approximate surface area is 259 Å². The molecule has 0 bridgehead atoms. The van der Waals surface area contributed by atoms with Crippen molar-refractivity contribution >= 4 is 22.9 Å². The molecule has 11 heteroatoms. The fourth-order valence-electron chi connectivity index (χ4n) is 6.76. The average Bonchev–Trinajstić information content (AvgIpc) is 3.41. The zero-order chi connectivity index (χ0) is 30.7. The van der Waals surface area contributed by atoms with Crippen LogP contribution in [0.2, 0.25) is 0 Å².